The Morgan fingerprint density at radius 1 is 1.07 bits per heavy atom. The fourth-order valence-electron chi connectivity index (χ4n) is 6.63. The van der Waals surface area contributed by atoms with Crippen LogP contribution in [0.5, 0.6) is 5.75 Å². The molecular formula is C32H36N4O7Si. The number of carbonyl (C=O) groups is 3. The Bertz CT molecular complexity index is 1530. The summed E-state index contributed by atoms with van der Waals surface area (Å²) in [7, 11) is -2.96. The Morgan fingerprint density at radius 3 is 2.34 bits per heavy atom. The molecule has 44 heavy (non-hydrogen) atoms. The first kappa shape index (κ1) is 29.6. The van der Waals surface area contributed by atoms with E-state index in [1.54, 1.807) is 12.1 Å². The van der Waals surface area contributed by atoms with Crippen molar-refractivity contribution >= 4 is 48.4 Å². The van der Waals surface area contributed by atoms with Crippen LogP contribution in [-0.4, -0.2) is 79.9 Å². The van der Waals surface area contributed by atoms with Crippen molar-refractivity contribution in [2.45, 2.75) is 37.8 Å². The van der Waals surface area contributed by atoms with Crippen molar-refractivity contribution in [1.82, 2.24) is 9.88 Å². The standard InChI is InChI=1S/C32H36N4O7Si/c1-31(2,3)44(23-10-6-4-7-11-23,24-12-8-5-9-13-24)42-19-22-18-35(29(38)39)17-16-32(22)21-36(30(40)43-32)26-15-14-25-28(33-26)34-27(37)20-41-25/h4-15,22H,16-21H2,1-3H3,(H,38,39)(H,33,34,37). The minimum Gasteiger partial charge on any atom is -0.480 e. The van der Waals surface area contributed by atoms with Crippen molar-refractivity contribution in [3.63, 3.8) is 0 Å². The molecule has 12 heteroatoms. The monoisotopic (exact) mass is 616 g/mol. The molecule has 2 aromatic carbocycles. The van der Waals surface area contributed by atoms with E-state index in [1.807, 2.05) is 36.4 Å². The SMILES string of the molecule is CC(C)(C)[Si](OCC1CN(C(=O)O)CCC12CN(c1ccc3c(n1)NC(=O)CO3)C(=O)O2)(c1ccccc1)c1ccccc1. The van der Waals surface area contributed by atoms with E-state index in [1.165, 1.54) is 9.80 Å². The number of carboxylic acid groups (broad SMARTS) is 1. The first-order valence-electron chi connectivity index (χ1n) is 14.7. The van der Waals surface area contributed by atoms with Gasteiger partial charge in [0.05, 0.1) is 6.54 Å². The predicted octanol–water partition coefficient (Wildman–Crippen LogP) is 3.68. The van der Waals surface area contributed by atoms with Crippen LogP contribution in [0.3, 0.4) is 0 Å². The Morgan fingerprint density at radius 2 is 1.73 bits per heavy atom. The van der Waals surface area contributed by atoms with Gasteiger partial charge in [-0.3, -0.25) is 9.69 Å². The molecule has 4 heterocycles. The number of ether oxygens (including phenoxy) is 2. The third-order valence-corrected chi connectivity index (χ3v) is 13.9. The zero-order chi connectivity index (χ0) is 31.1. The molecule has 11 nitrogen and oxygen atoms in total. The van der Waals surface area contributed by atoms with E-state index in [0.29, 0.717) is 18.0 Å². The average molecular weight is 617 g/mol. The summed E-state index contributed by atoms with van der Waals surface area (Å²) in [6.07, 6.45) is -1.30. The summed E-state index contributed by atoms with van der Waals surface area (Å²) in [6.45, 7) is 7.15. The highest BCUT2D eigenvalue weighted by atomic mass is 28.4. The fraction of sp³-hybridized carbons (Fsp3) is 0.375. The van der Waals surface area contributed by atoms with Crippen LogP contribution in [0, 0.1) is 5.92 Å². The van der Waals surface area contributed by atoms with Gasteiger partial charge >= 0.3 is 12.2 Å². The third-order valence-electron chi connectivity index (χ3n) is 8.85. The molecule has 6 rings (SSSR count). The number of anilines is 2. The zero-order valence-corrected chi connectivity index (χ0v) is 26.0. The molecule has 0 aliphatic carbocycles. The van der Waals surface area contributed by atoms with Gasteiger partial charge in [0.25, 0.3) is 14.2 Å². The van der Waals surface area contributed by atoms with Crippen LogP contribution in [0.25, 0.3) is 0 Å². The van der Waals surface area contributed by atoms with Gasteiger partial charge in [-0.2, -0.15) is 0 Å². The number of benzene rings is 2. The average Bonchev–Trinajstić information content (AvgIpc) is 3.34. The van der Waals surface area contributed by atoms with Gasteiger partial charge in [0.15, 0.2) is 18.2 Å². The van der Waals surface area contributed by atoms with E-state index in [2.05, 4.69) is 55.3 Å². The Hall–Kier alpha value is -4.42. The van der Waals surface area contributed by atoms with Crippen LogP contribution >= 0.6 is 0 Å². The summed E-state index contributed by atoms with van der Waals surface area (Å²) in [5.74, 6) is 0.179. The van der Waals surface area contributed by atoms with Crippen molar-refractivity contribution < 1.29 is 33.4 Å². The Balaban J connectivity index is 1.35. The maximum atomic E-state index is 13.4. The van der Waals surface area contributed by atoms with Crippen molar-refractivity contribution in [2.24, 2.45) is 5.92 Å². The first-order chi connectivity index (χ1) is 21.0. The highest BCUT2D eigenvalue weighted by Gasteiger charge is 2.57. The second-order valence-electron chi connectivity index (χ2n) is 12.5. The molecule has 0 bridgehead atoms. The van der Waals surface area contributed by atoms with E-state index in [9.17, 15) is 19.5 Å². The molecule has 2 fully saturated rings. The minimum atomic E-state index is -2.96. The number of nitrogens with zero attached hydrogens (tertiary/aromatic N) is 3. The lowest BCUT2D eigenvalue weighted by Crippen LogP contribution is -2.68. The number of fused-ring (bicyclic) bond motifs is 1. The topological polar surface area (TPSA) is 131 Å². The predicted molar refractivity (Wildman–Crippen MR) is 166 cm³/mol. The molecule has 3 aromatic rings. The zero-order valence-electron chi connectivity index (χ0n) is 25.0. The summed E-state index contributed by atoms with van der Waals surface area (Å²) < 4.78 is 18.8. The maximum Gasteiger partial charge on any atom is 0.416 e. The van der Waals surface area contributed by atoms with Gasteiger partial charge in [-0.25, -0.2) is 14.6 Å². The quantitative estimate of drug-likeness (QED) is 0.401. The highest BCUT2D eigenvalue weighted by molar-refractivity contribution is 6.99. The molecule has 2 saturated heterocycles. The van der Waals surface area contributed by atoms with Crippen LogP contribution in [-0.2, 0) is 14.0 Å². The van der Waals surface area contributed by atoms with Gasteiger partial charge in [0.2, 0.25) is 0 Å². The Labute approximate surface area is 256 Å². The summed E-state index contributed by atoms with van der Waals surface area (Å²) in [5, 5.41) is 14.5. The smallest absolute Gasteiger partial charge is 0.416 e. The highest BCUT2D eigenvalue weighted by Crippen LogP contribution is 2.42. The number of carbonyl (C=O) groups excluding carboxylic acids is 2. The number of aromatic nitrogens is 1. The largest absolute Gasteiger partial charge is 0.480 e. The molecule has 1 spiro atoms. The molecule has 0 saturated carbocycles. The minimum absolute atomic E-state index is 0.101. The van der Waals surface area contributed by atoms with E-state index in [4.69, 9.17) is 13.9 Å². The van der Waals surface area contributed by atoms with Crippen LogP contribution in [0.4, 0.5) is 21.2 Å². The number of pyridine rings is 1. The molecule has 3 aliphatic heterocycles. The fourth-order valence-corrected chi connectivity index (χ4v) is 11.2. The third kappa shape index (κ3) is 5.17. The molecule has 0 radical (unpaired) electrons. The van der Waals surface area contributed by atoms with Gasteiger partial charge in [0, 0.05) is 32.0 Å². The van der Waals surface area contributed by atoms with Crippen molar-refractivity contribution in [1.29, 1.82) is 0 Å². The van der Waals surface area contributed by atoms with Gasteiger partial charge in [-0.05, 0) is 27.5 Å². The number of hydrogen-bond acceptors (Lipinski definition) is 7. The molecule has 3 amide bonds. The summed E-state index contributed by atoms with van der Waals surface area (Å²) >= 11 is 0. The molecule has 2 unspecified atom stereocenters. The molecule has 2 atom stereocenters. The number of amides is 3. The second-order valence-corrected chi connectivity index (χ2v) is 16.8. The molecule has 230 valence electrons. The number of rotatable bonds is 6. The maximum absolute atomic E-state index is 13.4. The summed E-state index contributed by atoms with van der Waals surface area (Å²) in [6, 6.07) is 23.7. The van der Waals surface area contributed by atoms with E-state index in [-0.39, 0.29) is 49.6 Å². The molecule has 3 aliphatic rings. The lowest BCUT2D eigenvalue weighted by molar-refractivity contribution is -0.118. The van der Waals surface area contributed by atoms with Gasteiger partial charge in [-0.15, -0.1) is 0 Å². The lowest BCUT2D eigenvalue weighted by atomic mass is 9.81. The van der Waals surface area contributed by atoms with Crippen LogP contribution in [0.15, 0.2) is 72.8 Å². The lowest BCUT2D eigenvalue weighted by Gasteiger charge is -2.47. The van der Waals surface area contributed by atoms with Crippen molar-refractivity contribution in [3.05, 3.63) is 72.8 Å². The van der Waals surface area contributed by atoms with Crippen LogP contribution in [0.2, 0.25) is 5.04 Å². The van der Waals surface area contributed by atoms with Crippen molar-refractivity contribution in [3.8, 4) is 5.75 Å². The normalized spacial score (nSPS) is 21.8. The van der Waals surface area contributed by atoms with E-state index < -0.39 is 32.0 Å². The van der Waals surface area contributed by atoms with E-state index in [0.717, 1.165) is 10.4 Å². The van der Waals surface area contributed by atoms with Crippen LogP contribution in [0.1, 0.15) is 27.2 Å². The van der Waals surface area contributed by atoms with Crippen molar-refractivity contribution in [2.75, 3.05) is 43.1 Å². The number of hydrogen-bond donors (Lipinski definition) is 2. The summed E-state index contributed by atoms with van der Waals surface area (Å²) in [5.41, 5.74) is -1.01. The van der Waals surface area contributed by atoms with Gasteiger partial charge in [-0.1, -0.05) is 81.4 Å². The second kappa shape index (κ2) is 11.3. The molecule has 2 N–H and O–H groups in total. The molecular weight excluding hydrogens is 580 g/mol. The Kier molecular flexibility index (Phi) is 7.58. The van der Waals surface area contributed by atoms with Gasteiger partial charge in [0.1, 0.15) is 11.4 Å². The number of likely N-dealkylation sites (tertiary alicyclic amines) is 1. The molecule has 1 aromatic heterocycles. The van der Waals surface area contributed by atoms with Crippen LogP contribution < -0.4 is 25.3 Å². The number of piperidine rings is 1. The van der Waals surface area contributed by atoms with E-state index >= 15 is 0 Å². The summed E-state index contributed by atoms with van der Waals surface area (Å²) in [4.78, 5) is 44.7. The van der Waals surface area contributed by atoms with Gasteiger partial charge < -0.3 is 29.2 Å². The first-order valence-corrected chi connectivity index (χ1v) is 16.6. The number of nitrogens with one attached hydrogen (secondary N) is 1.